The molecule has 0 aliphatic heterocycles. The summed E-state index contributed by atoms with van der Waals surface area (Å²) in [6.45, 7) is 0. The third kappa shape index (κ3) is 2.47. The van der Waals surface area contributed by atoms with Gasteiger partial charge in [-0.25, -0.2) is 4.68 Å². The van der Waals surface area contributed by atoms with Crippen LogP contribution >= 0.6 is 27.3 Å². The summed E-state index contributed by atoms with van der Waals surface area (Å²) in [5, 5.41) is 4.49. The first-order valence-corrected chi connectivity index (χ1v) is 8.90. The number of rotatable bonds is 3. The van der Waals surface area contributed by atoms with Gasteiger partial charge in [-0.3, -0.25) is 0 Å². The molecule has 0 fully saturated rings. The van der Waals surface area contributed by atoms with Gasteiger partial charge in [0.25, 0.3) is 0 Å². The summed E-state index contributed by atoms with van der Waals surface area (Å²) in [6, 6.07) is 12.6. The Kier molecular flexibility index (Phi) is 3.43. The first-order chi connectivity index (χ1) is 10.3. The van der Waals surface area contributed by atoms with Gasteiger partial charge in [-0.05, 0) is 43.0 Å². The molecular formula is C17H15BrN2S. The fourth-order valence-electron chi connectivity index (χ4n) is 2.83. The Hall–Kier alpha value is -1.39. The number of fused-ring (bicyclic) bond motifs is 1. The molecule has 1 aliphatic rings. The number of nitrogens with zero attached hydrogens (tertiary/aromatic N) is 2. The molecule has 1 aliphatic carbocycles. The zero-order valence-electron chi connectivity index (χ0n) is 11.5. The smallest absolute Gasteiger partial charge is 0.0769 e. The summed E-state index contributed by atoms with van der Waals surface area (Å²) in [7, 11) is 0. The van der Waals surface area contributed by atoms with Crippen LogP contribution in [0, 0.1) is 0 Å². The van der Waals surface area contributed by atoms with Crippen molar-refractivity contribution < 1.29 is 0 Å². The molecule has 1 atom stereocenters. The van der Waals surface area contributed by atoms with Crippen LogP contribution in [0.25, 0.3) is 5.69 Å². The van der Waals surface area contributed by atoms with Crippen molar-refractivity contribution in [2.24, 2.45) is 0 Å². The van der Waals surface area contributed by atoms with Gasteiger partial charge in [-0.15, -0.1) is 11.3 Å². The van der Waals surface area contributed by atoms with Gasteiger partial charge in [-0.2, -0.15) is 5.10 Å². The Balaban J connectivity index is 1.62. The number of hydrogen-bond acceptors (Lipinski definition) is 2. The molecule has 0 bridgehead atoms. The number of aryl methyl sites for hydroxylation is 2. The first-order valence-electron chi connectivity index (χ1n) is 7.17. The number of para-hydroxylation sites is 1. The third-order valence-electron chi connectivity index (χ3n) is 3.93. The predicted octanol–water partition coefficient (Wildman–Crippen LogP) is 4.91. The average Bonchev–Trinajstić information content (AvgIpc) is 3.22. The lowest BCUT2D eigenvalue weighted by molar-refractivity contribution is 0.880. The van der Waals surface area contributed by atoms with Gasteiger partial charge in [0.05, 0.1) is 16.7 Å². The van der Waals surface area contributed by atoms with Crippen LogP contribution in [0.3, 0.4) is 0 Å². The number of aromatic nitrogens is 2. The normalized spacial score (nSPS) is 15.1. The predicted molar refractivity (Wildman–Crippen MR) is 90.7 cm³/mol. The highest BCUT2D eigenvalue weighted by molar-refractivity contribution is 9.09. The molecular weight excluding hydrogens is 344 g/mol. The molecule has 0 spiro atoms. The minimum Gasteiger partial charge on any atom is -0.241 e. The van der Waals surface area contributed by atoms with E-state index in [2.05, 4.69) is 45.4 Å². The second kappa shape index (κ2) is 5.43. The molecule has 0 saturated carbocycles. The molecule has 2 nitrogen and oxygen atoms in total. The summed E-state index contributed by atoms with van der Waals surface area (Å²) in [5.74, 6) is 0. The van der Waals surface area contributed by atoms with Crippen molar-refractivity contribution in [2.75, 3.05) is 0 Å². The number of benzene rings is 1. The van der Waals surface area contributed by atoms with Crippen molar-refractivity contribution >= 4 is 27.3 Å². The van der Waals surface area contributed by atoms with Gasteiger partial charge >= 0.3 is 0 Å². The van der Waals surface area contributed by atoms with Crippen LogP contribution in [0.15, 0.2) is 48.8 Å². The molecule has 4 heteroatoms. The van der Waals surface area contributed by atoms with Crippen LogP contribution in [-0.4, -0.2) is 9.78 Å². The van der Waals surface area contributed by atoms with Crippen LogP contribution < -0.4 is 0 Å². The molecule has 1 aromatic carbocycles. The fraction of sp³-hybridized carbons (Fsp3) is 0.235. The second-order valence-electron chi connectivity index (χ2n) is 5.37. The third-order valence-corrected chi connectivity index (χ3v) is 6.56. The van der Waals surface area contributed by atoms with Crippen LogP contribution in [0.5, 0.6) is 0 Å². The second-order valence-corrected chi connectivity index (χ2v) is 7.45. The molecule has 0 saturated heterocycles. The van der Waals surface area contributed by atoms with Gasteiger partial charge in [0.15, 0.2) is 0 Å². The van der Waals surface area contributed by atoms with E-state index in [1.54, 1.807) is 10.4 Å². The van der Waals surface area contributed by atoms with Gasteiger partial charge in [0.1, 0.15) is 0 Å². The van der Waals surface area contributed by atoms with E-state index in [-0.39, 0.29) is 4.83 Å². The highest BCUT2D eigenvalue weighted by Crippen LogP contribution is 2.40. The van der Waals surface area contributed by atoms with Crippen molar-refractivity contribution in [1.29, 1.82) is 0 Å². The Morgan fingerprint density at radius 1 is 1.19 bits per heavy atom. The first kappa shape index (κ1) is 13.3. The SMILES string of the molecule is BrC(c1cnn(-c2ccccc2)c1)c1cc2c(s1)CCC2. The number of alkyl halides is 1. The van der Waals surface area contributed by atoms with E-state index in [1.807, 2.05) is 40.4 Å². The lowest BCUT2D eigenvalue weighted by atomic mass is 10.2. The van der Waals surface area contributed by atoms with Crippen molar-refractivity contribution in [3.05, 3.63) is 69.7 Å². The Bertz CT molecular complexity index is 739. The summed E-state index contributed by atoms with van der Waals surface area (Å²) in [4.78, 5) is 3.21. The van der Waals surface area contributed by atoms with E-state index in [4.69, 9.17) is 0 Å². The van der Waals surface area contributed by atoms with Gasteiger partial charge in [0.2, 0.25) is 0 Å². The number of hydrogen-bond donors (Lipinski definition) is 0. The van der Waals surface area contributed by atoms with Crippen molar-refractivity contribution in [1.82, 2.24) is 9.78 Å². The van der Waals surface area contributed by atoms with Crippen LogP contribution in [0.4, 0.5) is 0 Å². The van der Waals surface area contributed by atoms with Gasteiger partial charge in [-0.1, -0.05) is 34.1 Å². The van der Waals surface area contributed by atoms with Crippen molar-refractivity contribution in [2.45, 2.75) is 24.1 Å². The average molecular weight is 359 g/mol. The quantitative estimate of drug-likeness (QED) is 0.608. The lowest BCUT2D eigenvalue weighted by Crippen LogP contribution is -1.93. The maximum absolute atomic E-state index is 4.49. The molecule has 4 rings (SSSR count). The van der Waals surface area contributed by atoms with E-state index in [1.165, 1.54) is 29.7 Å². The minimum atomic E-state index is 0.241. The zero-order valence-corrected chi connectivity index (χ0v) is 13.9. The van der Waals surface area contributed by atoms with Crippen molar-refractivity contribution in [3.8, 4) is 5.69 Å². The van der Waals surface area contributed by atoms with Gasteiger partial charge in [0, 0.05) is 21.5 Å². The highest BCUT2D eigenvalue weighted by Gasteiger charge is 2.20. The minimum absolute atomic E-state index is 0.241. The van der Waals surface area contributed by atoms with Crippen molar-refractivity contribution in [3.63, 3.8) is 0 Å². The number of halogens is 1. The van der Waals surface area contributed by atoms with Crippen LogP contribution in [0.1, 0.15) is 32.1 Å². The largest absolute Gasteiger partial charge is 0.241 e. The summed E-state index contributed by atoms with van der Waals surface area (Å²) in [5.41, 5.74) is 3.85. The molecule has 0 amide bonds. The van der Waals surface area contributed by atoms with Crippen LogP contribution in [0.2, 0.25) is 0 Å². The maximum atomic E-state index is 4.49. The van der Waals surface area contributed by atoms with E-state index in [0.29, 0.717) is 0 Å². The zero-order chi connectivity index (χ0) is 14.2. The molecule has 0 radical (unpaired) electrons. The Morgan fingerprint density at radius 2 is 2.05 bits per heavy atom. The topological polar surface area (TPSA) is 17.8 Å². The van der Waals surface area contributed by atoms with E-state index in [9.17, 15) is 0 Å². The van der Waals surface area contributed by atoms with E-state index >= 15 is 0 Å². The van der Waals surface area contributed by atoms with E-state index in [0.717, 1.165) is 5.69 Å². The maximum Gasteiger partial charge on any atom is 0.0769 e. The Morgan fingerprint density at radius 3 is 2.86 bits per heavy atom. The molecule has 106 valence electrons. The highest BCUT2D eigenvalue weighted by atomic mass is 79.9. The molecule has 21 heavy (non-hydrogen) atoms. The molecule has 2 aromatic heterocycles. The van der Waals surface area contributed by atoms with Crippen LogP contribution in [-0.2, 0) is 12.8 Å². The number of thiophene rings is 1. The van der Waals surface area contributed by atoms with Gasteiger partial charge < -0.3 is 0 Å². The molecule has 2 heterocycles. The Labute approximate surface area is 136 Å². The lowest BCUT2D eigenvalue weighted by Gasteiger charge is -2.04. The molecule has 3 aromatic rings. The molecule has 1 unspecified atom stereocenters. The fourth-order valence-corrected chi connectivity index (χ4v) is 4.74. The summed E-state index contributed by atoms with van der Waals surface area (Å²) < 4.78 is 1.94. The van der Waals surface area contributed by atoms with E-state index < -0.39 is 0 Å². The molecule has 0 N–H and O–H groups in total. The summed E-state index contributed by atoms with van der Waals surface area (Å²) in [6.07, 6.45) is 7.88. The monoisotopic (exact) mass is 358 g/mol. The standard InChI is InChI=1S/C17H15BrN2S/c18-17(16-9-12-5-4-8-15(12)21-16)13-10-19-20(11-13)14-6-2-1-3-7-14/h1-3,6-7,9-11,17H,4-5,8H2. The summed E-state index contributed by atoms with van der Waals surface area (Å²) >= 11 is 5.78.